The van der Waals surface area contributed by atoms with E-state index >= 15 is 0 Å². The van der Waals surface area contributed by atoms with Crippen LogP contribution in [0, 0.1) is 46.3 Å². The average molecular weight is 1940 g/mol. The molecular weight excluding hydrogens is 1820 g/mol. The molecule has 13 aromatic carbocycles. The highest BCUT2D eigenvalue weighted by Crippen LogP contribution is 2.45. The molecule has 0 aliphatic rings. The van der Waals surface area contributed by atoms with Crippen molar-refractivity contribution in [2.75, 3.05) is 89.1 Å². The quantitative estimate of drug-likeness (QED) is 0.0194. The number of nitrogens with zero attached hydrogens (tertiary/aromatic N) is 8. The van der Waals surface area contributed by atoms with Crippen molar-refractivity contribution < 1.29 is 90.4 Å². The lowest BCUT2D eigenvalue weighted by atomic mass is 9.91. The molecule has 26 nitrogen and oxygen atoms in total. The van der Waals surface area contributed by atoms with Gasteiger partial charge in [-0.3, -0.25) is 0 Å². The molecule has 0 amide bonds. The Morgan fingerprint density at radius 2 is 0.500 bits per heavy atom. The van der Waals surface area contributed by atoms with Gasteiger partial charge in [0, 0.05) is 56.3 Å². The highest BCUT2D eigenvalue weighted by molar-refractivity contribution is 6.16. The Morgan fingerprint density at radius 3 is 0.743 bits per heavy atom. The van der Waals surface area contributed by atoms with Gasteiger partial charge in [-0.15, -0.1) is 0 Å². The molecular formula is C118H122N8O18. The Kier molecular flexibility index (Phi) is 34.4. The van der Waals surface area contributed by atoms with Gasteiger partial charge in [0.25, 0.3) is 0 Å². The Hall–Kier alpha value is -16.1. The molecule has 0 spiro atoms. The summed E-state index contributed by atoms with van der Waals surface area (Å²) in [5.74, 6) is -0.0418. The van der Waals surface area contributed by atoms with Gasteiger partial charge in [0.15, 0.2) is 6.54 Å². The molecule has 0 N–H and O–H groups in total. The Bertz CT molecular complexity index is 5860. The van der Waals surface area contributed by atoms with Crippen LogP contribution in [0.15, 0.2) is 315 Å². The predicted molar refractivity (Wildman–Crippen MR) is 554 cm³/mol. The molecule has 0 saturated carbocycles. The molecule has 0 unspecified atom stereocenters. The molecule has 0 aliphatic carbocycles. The zero-order valence-electron chi connectivity index (χ0n) is 83.3. The first-order valence-corrected chi connectivity index (χ1v) is 48.7. The number of hydrogen-bond acceptors (Lipinski definition) is 23. The van der Waals surface area contributed by atoms with Gasteiger partial charge in [0.05, 0.1) is 85.0 Å². The van der Waals surface area contributed by atoms with E-state index in [4.69, 9.17) is 77.2 Å². The van der Waals surface area contributed by atoms with Gasteiger partial charge in [-0.1, -0.05) is 180 Å². The fraction of sp³-hybridized carbons (Fsp3) is 0.288. The summed E-state index contributed by atoms with van der Waals surface area (Å²) in [6.07, 6.45) is 0. The van der Waals surface area contributed by atoms with Crippen LogP contribution in [-0.2, 0) is 41.5 Å². The number of ether oxygens (including phenoxy) is 12. The van der Waals surface area contributed by atoms with Gasteiger partial charge >= 0.3 is 35.8 Å². The number of aromatic nitrogens is 6. The number of anilines is 6. The number of benzene rings is 13. The fourth-order valence-corrected chi connectivity index (χ4v) is 15.7. The molecule has 2 heterocycles. The van der Waals surface area contributed by atoms with Crippen molar-refractivity contribution in [1.29, 1.82) is 0 Å². The van der Waals surface area contributed by atoms with Crippen molar-refractivity contribution in [1.82, 2.24) is 25.2 Å². The summed E-state index contributed by atoms with van der Waals surface area (Å²) in [7, 11) is 0. The van der Waals surface area contributed by atoms with Crippen LogP contribution in [0.25, 0.3) is 44.3 Å². The third-order valence-electron chi connectivity index (χ3n) is 23.2. The van der Waals surface area contributed by atoms with Crippen molar-refractivity contribution in [3.63, 3.8) is 0 Å². The fourth-order valence-electron chi connectivity index (χ4n) is 15.7. The van der Waals surface area contributed by atoms with Gasteiger partial charge in [0.2, 0.25) is 0 Å². The number of carbonyl (C=O) groups is 6. The van der Waals surface area contributed by atoms with E-state index in [1.54, 1.807) is 155 Å². The van der Waals surface area contributed by atoms with Gasteiger partial charge < -0.3 is 66.6 Å². The summed E-state index contributed by atoms with van der Waals surface area (Å²) in [6, 6.07) is 97.0. The van der Waals surface area contributed by atoms with Crippen LogP contribution >= 0.6 is 0 Å². The lowest BCUT2D eigenvalue weighted by Gasteiger charge is -2.33. The molecule has 0 radical (unpaired) electrons. The van der Waals surface area contributed by atoms with Crippen LogP contribution in [0.4, 0.5) is 34.1 Å². The van der Waals surface area contributed by atoms with Gasteiger partial charge in [-0.2, -0.15) is 30.0 Å². The zero-order chi connectivity index (χ0) is 101. The maximum Gasteiger partial charge on any atom is 0.338 e. The van der Waals surface area contributed by atoms with E-state index in [1.165, 1.54) is 0 Å². The lowest BCUT2D eigenvalue weighted by molar-refractivity contribution is -0.814. The Morgan fingerprint density at radius 1 is 0.278 bits per heavy atom. The number of carbonyl (C=O) groups excluding carboxylic acids is 6. The normalized spacial score (nSPS) is 11.6. The van der Waals surface area contributed by atoms with Crippen LogP contribution < -0.4 is 48.1 Å². The number of rotatable bonds is 48. The molecule has 0 atom stereocenters. The molecule has 2 aromatic heterocycles. The topological polar surface area (TPSA) is 281 Å². The maximum absolute atomic E-state index is 13.5. The molecule has 0 fully saturated rings. The molecule has 0 bridgehead atoms. The smallest absolute Gasteiger partial charge is 0.338 e. The lowest BCUT2D eigenvalue weighted by Crippen LogP contribution is -2.55. The van der Waals surface area contributed by atoms with E-state index < -0.39 is 46.6 Å². The van der Waals surface area contributed by atoms with Crippen LogP contribution in [0.5, 0.6) is 34.5 Å². The third kappa shape index (κ3) is 27.4. The second-order valence-corrected chi connectivity index (χ2v) is 38.5. The second kappa shape index (κ2) is 48.4. The minimum Gasteiger partial charge on any atom is -0.493 e. The van der Waals surface area contributed by atoms with Crippen molar-refractivity contribution >= 4 is 92.0 Å². The summed E-state index contributed by atoms with van der Waals surface area (Å²) in [5, 5.41) is 23.0. The second-order valence-electron chi connectivity index (χ2n) is 38.5. The van der Waals surface area contributed by atoms with E-state index in [0.717, 1.165) is 34.1 Å². The van der Waals surface area contributed by atoms with Crippen LogP contribution in [-0.4, -0.2) is 135 Å². The van der Waals surface area contributed by atoms with Gasteiger partial charge in [-0.05, 0) is 265 Å². The van der Waals surface area contributed by atoms with Gasteiger partial charge in [-0.25, -0.2) is 28.8 Å². The van der Waals surface area contributed by atoms with E-state index in [0.29, 0.717) is 112 Å². The summed E-state index contributed by atoms with van der Waals surface area (Å²) in [5.41, 5.74) is 8.45. The average Bonchev–Trinajstić information content (AvgIpc) is 1.55. The van der Waals surface area contributed by atoms with Crippen molar-refractivity contribution in [3.8, 4) is 56.8 Å². The largest absolute Gasteiger partial charge is 0.493 e. The van der Waals surface area contributed by atoms with Crippen molar-refractivity contribution in [2.24, 2.45) is 46.3 Å². The summed E-state index contributed by atoms with van der Waals surface area (Å²) in [4.78, 5) is 88.7. The molecule has 144 heavy (non-hydrogen) atoms. The number of para-hydroxylation sites is 4. The highest BCUT2D eigenvalue weighted by atomic mass is 16.6. The van der Waals surface area contributed by atoms with Crippen LogP contribution in [0.1, 0.15) is 145 Å². The van der Waals surface area contributed by atoms with Crippen LogP contribution in [0.2, 0.25) is 0 Å². The van der Waals surface area contributed by atoms with Gasteiger partial charge in [0.1, 0.15) is 90.6 Å². The molecule has 15 rings (SSSR count). The maximum atomic E-state index is 13.5. The number of hydrogen-bond donors (Lipinski definition) is 0. The van der Waals surface area contributed by atoms with Crippen molar-refractivity contribution in [2.45, 2.75) is 96.2 Å². The Balaban J connectivity index is 0.953. The van der Waals surface area contributed by atoms with E-state index in [2.05, 4.69) is 82.6 Å². The standard InChI is InChI=1S/C118H122N8O18/c1-79(2)65-133-111(127)87-37-53-99(54-38-87)139-73-117(74-140-100-55-39-88(40-56-100)112(128)134-66-80(3)4,75-141-101-57-41-89(42-58-101)113(129)135-67-81(5)6)71-123-119-107-105(85-33-49-97(50-34-85)125(93-25-17-13-18-26-93)94-27-19-14-20-28-94)109-110(106(108(107)120-123)86-35-51-98(52-36-86)126(95-29-21-15-22-30-95)96-31-23-16-24-32-96)122-124(121-109)72-118(76-142-102-59-43-90(44-60-102)114(130)136-68-82(7)8,77-143-103-61-45-91(46-62-103)115(131)137-69-83(9)10)78-144-104-63-47-92(48-64-104)116(132)138-70-84(11)12/h13-64,79-84H,65-78H2,1-12H3. The van der Waals surface area contributed by atoms with E-state index in [1.807, 2.05) is 180 Å². The zero-order valence-corrected chi connectivity index (χ0v) is 83.3. The van der Waals surface area contributed by atoms with Crippen LogP contribution in [0.3, 0.4) is 0 Å². The highest BCUT2D eigenvalue weighted by Gasteiger charge is 2.42. The molecule has 742 valence electrons. The molecule has 0 aliphatic heterocycles. The first kappa shape index (κ1) is 102. The third-order valence-corrected chi connectivity index (χ3v) is 23.2. The molecule has 26 heteroatoms. The monoisotopic (exact) mass is 1940 g/mol. The first-order chi connectivity index (χ1) is 69.6. The summed E-state index contributed by atoms with van der Waals surface area (Å²) < 4.78 is 76.0. The minimum atomic E-state index is -1.35. The summed E-state index contributed by atoms with van der Waals surface area (Å²) in [6.45, 7) is 23.8. The number of esters is 6. The molecule has 0 saturated heterocycles. The van der Waals surface area contributed by atoms with E-state index in [9.17, 15) is 28.8 Å². The van der Waals surface area contributed by atoms with Crippen molar-refractivity contribution in [3.05, 3.63) is 349 Å². The number of fused-ring (bicyclic) bond motifs is 2. The summed E-state index contributed by atoms with van der Waals surface area (Å²) >= 11 is 0. The Labute approximate surface area is 840 Å². The minimum absolute atomic E-state index is 0.0981. The first-order valence-electron chi connectivity index (χ1n) is 48.7. The SMILES string of the molecule is CC(C)COC(=O)c1ccc(OCC(COc2ccc(C(=O)OCC(C)C)cc2)(COc2ccc(C(=O)OCC(C)C)cc2)Cn2nc3c(-c4ccc(N(c5ccccc5)c5ccccc5)cc4)c4n[n+](CC(COc5ccc(C(=O)OCC(C)C)cc5)(COc5ccc(C(=O)OCC(C)C)cc5)COc5ccc(C(=O)OCC(C)C)cc5)[n-]c4c(-c4ccc(N(c5ccccc5)c5ccccc5)cc4)c3n2)cc1. The van der Waals surface area contributed by atoms with E-state index in [-0.39, 0.29) is 128 Å². The molecule has 15 aromatic rings. The predicted octanol–water partition coefficient (Wildman–Crippen LogP) is 23.8.